The van der Waals surface area contributed by atoms with Crippen molar-refractivity contribution in [3.63, 3.8) is 0 Å². The lowest BCUT2D eigenvalue weighted by Crippen LogP contribution is -2.32. The second kappa shape index (κ2) is 8.43. The molecule has 21 heavy (non-hydrogen) atoms. The van der Waals surface area contributed by atoms with Crippen LogP contribution in [0.4, 0.5) is 0 Å². The van der Waals surface area contributed by atoms with E-state index in [4.69, 9.17) is 4.74 Å². The summed E-state index contributed by atoms with van der Waals surface area (Å²) < 4.78 is 5.77. The minimum atomic E-state index is 0.234. The molecule has 1 N–H and O–H groups in total. The zero-order valence-corrected chi connectivity index (χ0v) is 13.9. The van der Waals surface area contributed by atoms with Gasteiger partial charge in [0.1, 0.15) is 5.75 Å². The van der Waals surface area contributed by atoms with Gasteiger partial charge in [-0.25, -0.2) is 0 Å². The highest BCUT2D eigenvalue weighted by atomic mass is 16.5. The number of hydrogen-bond acceptors (Lipinski definition) is 2. The first-order valence-corrected chi connectivity index (χ1v) is 8.64. The van der Waals surface area contributed by atoms with Crippen molar-refractivity contribution in [2.75, 3.05) is 0 Å². The monoisotopic (exact) mass is 289 g/mol. The minimum absolute atomic E-state index is 0.234. The van der Waals surface area contributed by atoms with Crippen molar-refractivity contribution in [3.8, 4) is 5.75 Å². The second-order valence-electron chi connectivity index (χ2n) is 6.74. The molecule has 2 nitrogen and oxygen atoms in total. The molecule has 2 rings (SSSR count). The van der Waals surface area contributed by atoms with Gasteiger partial charge in [0.05, 0.1) is 6.10 Å². The molecule has 0 radical (unpaired) electrons. The van der Waals surface area contributed by atoms with Gasteiger partial charge in [0, 0.05) is 12.6 Å². The summed E-state index contributed by atoms with van der Waals surface area (Å²) in [4.78, 5) is 0. The van der Waals surface area contributed by atoms with E-state index in [0.29, 0.717) is 6.04 Å². The Hall–Kier alpha value is -1.02. The van der Waals surface area contributed by atoms with Crippen molar-refractivity contribution < 1.29 is 4.74 Å². The van der Waals surface area contributed by atoms with Crippen molar-refractivity contribution in [2.24, 2.45) is 5.92 Å². The van der Waals surface area contributed by atoms with Crippen molar-refractivity contribution in [1.29, 1.82) is 0 Å². The molecule has 0 spiro atoms. The smallest absolute Gasteiger partial charge is 0.120 e. The number of benzene rings is 1. The predicted molar refractivity (Wildman–Crippen MR) is 89.7 cm³/mol. The molecule has 118 valence electrons. The van der Waals surface area contributed by atoms with E-state index in [1.165, 1.54) is 44.1 Å². The van der Waals surface area contributed by atoms with Crippen LogP contribution < -0.4 is 10.1 Å². The van der Waals surface area contributed by atoms with Gasteiger partial charge >= 0.3 is 0 Å². The Bertz CT molecular complexity index is 408. The molecule has 0 saturated heterocycles. The molecule has 1 aromatic carbocycles. The molecular formula is C19H31NO. The lowest BCUT2D eigenvalue weighted by Gasteiger charge is -2.24. The molecule has 0 heterocycles. The van der Waals surface area contributed by atoms with E-state index in [9.17, 15) is 0 Å². The molecule has 1 atom stereocenters. The molecule has 0 aromatic heterocycles. The molecular weight excluding hydrogens is 258 g/mol. The maximum absolute atomic E-state index is 5.77. The van der Waals surface area contributed by atoms with Gasteiger partial charge in [-0.1, -0.05) is 37.8 Å². The topological polar surface area (TPSA) is 21.3 Å². The van der Waals surface area contributed by atoms with E-state index in [1.54, 1.807) is 0 Å². The van der Waals surface area contributed by atoms with E-state index < -0.39 is 0 Å². The third kappa shape index (κ3) is 5.70. The normalized spacial score (nSPS) is 18.5. The quantitative estimate of drug-likeness (QED) is 0.750. The summed E-state index contributed by atoms with van der Waals surface area (Å²) in [6, 6.07) is 9.08. The zero-order chi connectivity index (χ0) is 15.1. The molecule has 2 heteroatoms. The van der Waals surface area contributed by atoms with Crippen LogP contribution in [0.3, 0.4) is 0 Å². The highest BCUT2D eigenvalue weighted by Crippen LogP contribution is 2.25. The Morgan fingerprint density at radius 3 is 2.48 bits per heavy atom. The Labute approximate surface area is 130 Å². The van der Waals surface area contributed by atoms with Gasteiger partial charge in [0.15, 0.2) is 0 Å². The van der Waals surface area contributed by atoms with Gasteiger partial charge in [-0.3, -0.25) is 0 Å². The molecule has 0 aliphatic heterocycles. The number of hydrogen-bond donors (Lipinski definition) is 1. The lowest BCUT2D eigenvalue weighted by molar-refractivity contribution is 0.242. The summed E-state index contributed by atoms with van der Waals surface area (Å²) in [7, 11) is 0. The number of nitrogens with one attached hydrogen (secondary N) is 1. The van der Waals surface area contributed by atoms with Crippen LogP contribution in [0.15, 0.2) is 24.3 Å². The molecule has 0 amide bonds. The molecule has 0 bridgehead atoms. The minimum Gasteiger partial charge on any atom is -0.491 e. The van der Waals surface area contributed by atoms with Crippen LogP contribution in [0.1, 0.15) is 64.9 Å². The molecule has 1 aliphatic carbocycles. The molecule has 1 aromatic rings. The van der Waals surface area contributed by atoms with Crippen LogP contribution in [0.5, 0.6) is 5.75 Å². The maximum atomic E-state index is 5.77. The number of ether oxygens (including phenoxy) is 1. The van der Waals surface area contributed by atoms with Gasteiger partial charge in [-0.05, 0) is 57.2 Å². The van der Waals surface area contributed by atoms with Crippen LogP contribution >= 0.6 is 0 Å². The van der Waals surface area contributed by atoms with Crippen molar-refractivity contribution >= 4 is 0 Å². The van der Waals surface area contributed by atoms with E-state index in [1.807, 2.05) is 6.07 Å². The fraction of sp³-hybridized carbons (Fsp3) is 0.684. The fourth-order valence-corrected chi connectivity index (χ4v) is 3.26. The standard InChI is InChI=1S/C19H31NO/c1-15(2)21-19-12-8-9-17(13-19)14-20-16(3)18-10-6-4-5-7-11-18/h8-9,12-13,15-16,18,20H,4-7,10-11,14H2,1-3H3/t16-/m1/s1. The van der Waals surface area contributed by atoms with Gasteiger partial charge in [-0.2, -0.15) is 0 Å². The largest absolute Gasteiger partial charge is 0.491 e. The highest BCUT2D eigenvalue weighted by Gasteiger charge is 2.18. The Balaban J connectivity index is 1.83. The average molecular weight is 289 g/mol. The molecule has 0 unspecified atom stereocenters. The third-order valence-electron chi connectivity index (χ3n) is 4.51. The van der Waals surface area contributed by atoms with E-state index in [-0.39, 0.29) is 6.10 Å². The van der Waals surface area contributed by atoms with Crippen molar-refractivity contribution in [1.82, 2.24) is 5.32 Å². The van der Waals surface area contributed by atoms with Crippen LogP contribution in [0.2, 0.25) is 0 Å². The maximum Gasteiger partial charge on any atom is 0.120 e. The first kappa shape index (κ1) is 16.4. The van der Waals surface area contributed by atoms with E-state index >= 15 is 0 Å². The second-order valence-corrected chi connectivity index (χ2v) is 6.74. The van der Waals surface area contributed by atoms with Gasteiger partial charge in [0.2, 0.25) is 0 Å². The summed E-state index contributed by atoms with van der Waals surface area (Å²) in [5, 5.41) is 3.72. The summed E-state index contributed by atoms with van der Waals surface area (Å²) in [6.45, 7) is 7.43. The highest BCUT2D eigenvalue weighted by molar-refractivity contribution is 5.28. The fourth-order valence-electron chi connectivity index (χ4n) is 3.26. The summed E-state index contributed by atoms with van der Waals surface area (Å²) in [5.74, 6) is 1.83. The molecule has 1 aliphatic rings. The van der Waals surface area contributed by atoms with Crippen LogP contribution in [-0.2, 0) is 6.54 Å². The molecule has 1 saturated carbocycles. The van der Waals surface area contributed by atoms with Crippen LogP contribution in [0, 0.1) is 5.92 Å². The van der Waals surface area contributed by atoms with Crippen molar-refractivity contribution in [3.05, 3.63) is 29.8 Å². The Morgan fingerprint density at radius 2 is 1.81 bits per heavy atom. The van der Waals surface area contributed by atoms with E-state index in [0.717, 1.165) is 18.2 Å². The van der Waals surface area contributed by atoms with Gasteiger partial charge in [0.25, 0.3) is 0 Å². The summed E-state index contributed by atoms with van der Waals surface area (Å²) in [6.07, 6.45) is 8.70. The molecule has 1 fully saturated rings. The van der Waals surface area contributed by atoms with Crippen LogP contribution in [-0.4, -0.2) is 12.1 Å². The lowest BCUT2D eigenvalue weighted by atomic mass is 9.93. The van der Waals surface area contributed by atoms with Crippen molar-refractivity contribution in [2.45, 2.75) is 78.0 Å². The predicted octanol–water partition coefficient (Wildman–Crippen LogP) is 4.92. The Kier molecular flexibility index (Phi) is 6.56. The Morgan fingerprint density at radius 1 is 1.10 bits per heavy atom. The SMILES string of the molecule is CC(C)Oc1cccc(CN[C@H](C)C2CCCCCC2)c1. The summed E-state index contributed by atoms with van der Waals surface area (Å²) in [5.41, 5.74) is 1.31. The zero-order valence-electron chi connectivity index (χ0n) is 13.9. The van der Waals surface area contributed by atoms with Crippen LogP contribution in [0.25, 0.3) is 0 Å². The third-order valence-corrected chi connectivity index (χ3v) is 4.51. The van der Waals surface area contributed by atoms with E-state index in [2.05, 4.69) is 44.3 Å². The van der Waals surface area contributed by atoms with Gasteiger partial charge in [-0.15, -0.1) is 0 Å². The van der Waals surface area contributed by atoms with Gasteiger partial charge < -0.3 is 10.1 Å². The first-order valence-electron chi connectivity index (χ1n) is 8.64. The first-order chi connectivity index (χ1) is 10.1. The number of rotatable bonds is 6. The average Bonchev–Trinajstić information content (AvgIpc) is 2.73. The summed E-state index contributed by atoms with van der Waals surface area (Å²) >= 11 is 0.